The Balaban J connectivity index is 2.39. The SMILES string of the molecule is O=C(NP(=O)(O)O)OCc1ccccc1. The number of carbonyl (C=O) groups excluding carboxylic acids is 1. The van der Waals surface area contributed by atoms with Crippen LogP contribution in [0.5, 0.6) is 0 Å². The van der Waals surface area contributed by atoms with Crippen molar-refractivity contribution >= 4 is 13.8 Å². The number of nitrogens with one attached hydrogen (secondary N) is 1. The molecule has 0 aliphatic heterocycles. The molecule has 0 heterocycles. The molecule has 82 valence electrons. The van der Waals surface area contributed by atoms with Crippen LogP contribution >= 0.6 is 7.75 Å². The van der Waals surface area contributed by atoms with Crippen LogP contribution in [0, 0.1) is 0 Å². The summed E-state index contributed by atoms with van der Waals surface area (Å²) in [5, 5.41) is 1.39. The van der Waals surface area contributed by atoms with Crippen molar-refractivity contribution in [3.05, 3.63) is 35.9 Å². The molecule has 1 aromatic carbocycles. The maximum absolute atomic E-state index is 10.8. The average molecular weight is 231 g/mol. The molecule has 3 N–H and O–H groups in total. The van der Waals surface area contributed by atoms with Crippen LogP contribution < -0.4 is 5.09 Å². The van der Waals surface area contributed by atoms with E-state index in [0.717, 1.165) is 5.56 Å². The minimum Gasteiger partial charge on any atom is -0.444 e. The van der Waals surface area contributed by atoms with Crippen molar-refractivity contribution in [1.29, 1.82) is 0 Å². The van der Waals surface area contributed by atoms with Gasteiger partial charge in [-0.1, -0.05) is 30.3 Å². The van der Waals surface area contributed by atoms with Crippen molar-refractivity contribution < 1.29 is 23.9 Å². The molecule has 0 aliphatic rings. The number of benzene rings is 1. The van der Waals surface area contributed by atoms with Crippen molar-refractivity contribution in [3.8, 4) is 0 Å². The third-order valence-corrected chi connectivity index (χ3v) is 1.92. The molecule has 0 fully saturated rings. The summed E-state index contributed by atoms with van der Waals surface area (Å²) in [6.45, 7) is -0.0350. The summed E-state index contributed by atoms with van der Waals surface area (Å²) in [4.78, 5) is 27.6. The second-order valence-corrected chi connectivity index (χ2v) is 4.03. The van der Waals surface area contributed by atoms with Gasteiger partial charge < -0.3 is 14.5 Å². The Morgan fingerprint density at radius 1 is 1.33 bits per heavy atom. The first-order chi connectivity index (χ1) is 6.97. The fourth-order valence-corrected chi connectivity index (χ4v) is 1.18. The second kappa shape index (κ2) is 4.93. The van der Waals surface area contributed by atoms with Gasteiger partial charge in [-0.05, 0) is 5.56 Å². The Bertz CT molecular complexity index is 374. The summed E-state index contributed by atoms with van der Waals surface area (Å²) < 4.78 is 14.9. The van der Waals surface area contributed by atoms with E-state index in [1.165, 1.54) is 5.09 Å². The predicted molar refractivity (Wildman–Crippen MR) is 51.8 cm³/mol. The lowest BCUT2D eigenvalue weighted by atomic mass is 10.2. The van der Waals surface area contributed by atoms with E-state index >= 15 is 0 Å². The lowest BCUT2D eigenvalue weighted by Gasteiger charge is -2.07. The van der Waals surface area contributed by atoms with Crippen LogP contribution in [0.2, 0.25) is 0 Å². The maximum atomic E-state index is 10.8. The second-order valence-electron chi connectivity index (χ2n) is 2.72. The van der Waals surface area contributed by atoms with Gasteiger partial charge in [0, 0.05) is 0 Å². The van der Waals surface area contributed by atoms with Gasteiger partial charge in [0.2, 0.25) is 0 Å². The first-order valence-electron chi connectivity index (χ1n) is 4.02. The largest absolute Gasteiger partial charge is 0.444 e. The van der Waals surface area contributed by atoms with Crippen molar-refractivity contribution in [2.24, 2.45) is 0 Å². The maximum Gasteiger partial charge on any atom is 0.432 e. The summed E-state index contributed by atoms with van der Waals surface area (Å²) in [7, 11) is -4.57. The van der Waals surface area contributed by atoms with Crippen molar-refractivity contribution in [2.75, 3.05) is 0 Å². The van der Waals surface area contributed by atoms with Gasteiger partial charge in [-0.3, -0.25) is 0 Å². The molecule has 0 bridgehead atoms. The highest BCUT2D eigenvalue weighted by atomic mass is 31.2. The monoisotopic (exact) mass is 231 g/mol. The molecule has 1 aromatic rings. The fraction of sp³-hybridized carbons (Fsp3) is 0.125. The van der Waals surface area contributed by atoms with Gasteiger partial charge >= 0.3 is 13.8 Å². The fourth-order valence-electron chi connectivity index (χ4n) is 0.874. The molecule has 0 saturated heterocycles. The van der Waals surface area contributed by atoms with Gasteiger partial charge in [0.1, 0.15) is 6.61 Å². The zero-order valence-corrected chi connectivity index (χ0v) is 8.55. The lowest BCUT2D eigenvalue weighted by molar-refractivity contribution is 0.143. The van der Waals surface area contributed by atoms with Gasteiger partial charge in [-0.25, -0.2) is 14.4 Å². The highest BCUT2D eigenvalue weighted by Crippen LogP contribution is 2.27. The normalized spacial score (nSPS) is 10.8. The molecule has 0 atom stereocenters. The van der Waals surface area contributed by atoms with E-state index in [4.69, 9.17) is 9.79 Å². The van der Waals surface area contributed by atoms with E-state index in [1.54, 1.807) is 30.3 Å². The van der Waals surface area contributed by atoms with Crippen LogP contribution in [0.4, 0.5) is 4.79 Å². The van der Waals surface area contributed by atoms with E-state index in [0.29, 0.717) is 0 Å². The van der Waals surface area contributed by atoms with E-state index in [-0.39, 0.29) is 6.61 Å². The first kappa shape index (κ1) is 11.7. The Morgan fingerprint density at radius 2 is 1.93 bits per heavy atom. The van der Waals surface area contributed by atoms with Crippen LogP contribution in [-0.4, -0.2) is 15.9 Å². The van der Waals surface area contributed by atoms with Crippen LogP contribution in [0.15, 0.2) is 30.3 Å². The van der Waals surface area contributed by atoms with Crippen LogP contribution in [0.1, 0.15) is 5.56 Å². The summed E-state index contributed by atoms with van der Waals surface area (Å²) in [5.41, 5.74) is 0.735. The van der Waals surface area contributed by atoms with Crippen molar-refractivity contribution in [3.63, 3.8) is 0 Å². The van der Waals surface area contributed by atoms with Crippen LogP contribution in [0.3, 0.4) is 0 Å². The van der Waals surface area contributed by atoms with E-state index in [9.17, 15) is 9.36 Å². The van der Waals surface area contributed by atoms with Crippen molar-refractivity contribution in [1.82, 2.24) is 5.09 Å². The Labute approximate surface area is 86.1 Å². The standard InChI is InChI=1S/C8H10NO5P/c10-8(9-15(11,12)13)14-6-7-4-2-1-3-5-7/h1-5H,6H2,(H3,9,10,11,12,13). The molecular weight excluding hydrogens is 221 g/mol. The van der Waals surface area contributed by atoms with Gasteiger partial charge in [0.25, 0.3) is 0 Å². The molecule has 6 nitrogen and oxygen atoms in total. The number of amides is 1. The highest BCUT2D eigenvalue weighted by Gasteiger charge is 2.17. The minimum atomic E-state index is -4.57. The summed E-state index contributed by atoms with van der Waals surface area (Å²) in [6.07, 6.45) is -1.15. The van der Waals surface area contributed by atoms with Crippen molar-refractivity contribution in [2.45, 2.75) is 6.61 Å². The van der Waals surface area contributed by atoms with Gasteiger partial charge in [-0.15, -0.1) is 0 Å². The minimum absolute atomic E-state index is 0.0350. The molecule has 0 aliphatic carbocycles. The van der Waals surface area contributed by atoms with E-state index in [2.05, 4.69) is 4.74 Å². The molecule has 0 saturated carbocycles. The third-order valence-electron chi connectivity index (χ3n) is 1.45. The topological polar surface area (TPSA) is 95.9 Å². The highest BCUT2D eigenvalue weighted by molar-refractivity contribution is 7.50. The average Bonchev–Trinajstić information content (AvgIpc) is 2.14. The zero-order valence-electron chi connectivity index (χ0n) is 7.66. The smallest absolute Gasteiger partial charge is 0.432 e. The number of hydrogen-bond donors (Lipinski definition) is 3. The van der Waals surface area contributed by atoms with Crippen LogP contribution in [0.25, 0.3) is 0 Å². The summed E-state index contributed by atoms with van der Waals surface area (Å²) in [6, 6.07) is 8.79. The summed E-state index contributed by atoms with van der Waals surface area (Å²) >= 11 is 0. The summed E-state index contributed by atoms with van der Waals surface area (Å²) in [5.74, 6) is 0. The van der Waals surface area contributed by atoms with Gasteiger partial charge in [0.05, 0.1) is 0 Å². The zero-order chi connectivity index (χ0) is 11.3. The molecular formula is C8H10NO5P. The number of ether oxygens (including phenoxy) is 1. The Morgan fingerprint density at radius 3 is 2.47 bits per heavy atom. The van der Waals surface area contributed by atoms with Gasteiger partial charge in [0.15, 0.2) is 0 Å². The molecule has 0 aromatic heterocycles. The molecule has 0 unspecified atom stereocenters. The number of carbonyl (C=O) groups is 1. The number of hydrogen-bond acceptors (Lipinski definition) is 3. The molecule has 1 amide bonds. The molecule has 1 rings (SSSR count). The van der Waals surface area contributed by atoms with E-state index < -0.39 is 13.8 Å². The molecule has 7 heteroatoms. The number of rotatable bonds is 3. The van der Waals surface area contributed by atoms with Crippen LogP contribution in [-0.2, 0) is 15.9 Å². The Kier molecular flexibility index (Phi) is 3.85. The van der Waals surface area contributed by atoms with E-state index in [1.807, 2.05) is 0 Å². The molecule has 0 spiro atoms. The predicted octanol–water partition coefficient (Wildman–Crippen LogP) is 1.01. The third kappa shape index (κ3) is 5.17. The quantitative estimate of drug-likeness (QED) is 0.674. The Hall–Kier alpha value is -1.36. The lowest BCUT2D eigenvalue weighted by Crippen LogP contribution is -2.20. The molecule has 15 heavy (non-hydrogen) atoms. The first-order valence-corrected chi connectivity index (χ1v) is 5.63. The van der Waals surface area contributed by atoms with Gasteiger partial charge in [-0.2, -0.15) is 0 Å². The molecule has 0 radical (unpaired) electrons.